The Bertz CT molecular complexity index is 996. The SMILES string of the molecule is COc1ccc(/C=C/C(=O)OCc2csc(Nc3ccc(C)cc3)n2)c(OC)c1. The molecule has 1 aromatic heterocycles. The van der Waals surface area contributed by atoms with Crippen LogP contribution in [0.25, 0.3) is 6.08 Å². The molecule has 0 bridgehead atoms. The summed E-state index contributed by atoms with van der Waals surface area (Å²) >= 11 is 1.46. The first kappa shape index (κ1) is 20.4. The van der Waals surface area contributed by atoms with E-state index in [4.69, 9.17) is 14.2 Å². The maximum absolute atomic E-state index is 12.0. The topological polar surface area (TPSA) is 69.7 Å². The monoisotopic (exact) mass is 410 g/mol. The number of carbonyl (C=O) groups is 1. The number of aryl methyl sites for hydroxylation is 1. The molecule has 0 aliphatic heterocycles. The van der Waals surface area contributed by atoms with Gasteiger partial charge in [0.1, 0.15) is 18.1 Å². The number of rotatable bonds is 8. The smallest absolute Gasteiger partial charge is 0.331 e. The van der Waals surface area contributed by atoms with Crippen LogP contribution in [0.2, 0.25) is 0 Å². The Hall–Kier alpha value is -3.32. The van der Waals surface area contributed by atoms with Crippen LogP contribution in [0.1, 0.15) is 16.8 Å². The lowest BCUT2D eigenvalue weighted by molar-refractivity contribution is -0.139. The second-order valence-corrected chi connectivity index (χ2v) is 7.04. The lowest BCUT2D eigenvalue weighted by Gasteiger charge is -2.07. The molecular weight excluding hydrogens is 388 g/mol. The van der Waals surface area contributed by atoms with Gasteiger partial charge in [0.25, 0.3) is 0 Å². The van der Waals surface area contributed by atoms with E-state index in [-0.39, 0.29) is 6.61 Å². The fourth-order valence-corrected chi connectivity index (χ4v) is 3.21. The van der Waals surface area contributed by atoms with Gasteiger partial charge in [-0.25, -0.2) is 9.78 Å². The normalized spacial score (nSPS) is 10.7. The van der Waals surface area contributed by atoms with E-state index in [0.29, 0.717) is 17.2 Å². The van der Waals surface area contributed by atoms with E-state index in [9.17, 15) is 4.79 Å². The van der Waals surface area contributed by atoms with Crippen molar-refractivity contribution >= 4 is 34.2 Å². The molecule has 150 valence electrons. The van der Waals surface area contributed by atoms with Crippen LogP contribution in [0.4, 0.5) is 10.8 Å². The standard InChI is InChI=1S/C22H22N2O4S/c1-15-4-8-17(9-5-15)23-22-24-18(14-29-22)13-28-21(25)11-7-16-6-10-19(26-2)12-20(16)27-3/h4-12,14H,13H2,1-3H3,(H,23,24)/b11-7+. The van der Waals surface area contributed by atoms with Crippen molar-refractivity contribution in [1.29, 1.82) is 0 Å². The zero-order valence-electron chi connectivity index (χ0n) is 16.5. The molecule has 7 heteroatoms. The Kier molecular flexibility index (Phi) is 6.86. The summed E-state index contributed by atoms with van der Waals surface area (Å²) in [5.74, 6) is 0.837. The van der Waals surface area contributed by atoms with E-state index in [1.807, 2.05) is 42.6 Å². The van der Waals surface area contributed by atoms with Crippen molar-refractivity contribution in [3.8, 4) is 11.5 Å². The molecule has 0 aliphatic carbocycles. The Morgan fingerprint density at radius 1 is 1.14 bits per heavy atom. The molecule has 0 radical (unpaired) electrons. The molecule has 0 fully saturated rings. The lowest BCUT2D eigenvalue weighted by Crippen LogP contribution is -2.01. The highest BCUT2D eigenvalue weighted by Gasteiger charge is 2.06. The van der Waals surface area contributed by atoms with Crippen LogP contribution in [-0.2, 0) is 16.1 Å². The first-order valence-corrected chi connectivity index (χ1v) is 9.80. The van der Waals surface area contributed by atoms with Crippen LogP contribution >= 0.6 is 11.3 Å². The van der Waals surface area contributed by atoms with Crippen LogP contribution in [0, 0.1) is 6.92 Å². The highest BCUT2D eigenvalue weighted by atomic mass is 32.1. The highest BCUT2D eigenvalue weighted by Crippen LogP contribution is 2.26. The summed E-state index contributed by atoms with van der Waals surface area (Å²) in [5.41, 5.74) is 3.60. The number of methoxy groups -OCH3 is 2. The molecule has 0 unspecified atom stereocenters. The molecule has 2 aromatic carbocycles. The number of hydrogen-bond acceptors (Lipinski definition) is 7. The molecule has 3 aromatic rings. The summed E-state index contributed by atoms with van der Waals surface area (Å²) in [6.45, 7) is 2.15. The predicted molar refractivity (Wildman–Crippen MR) is 115 cm³/mol. The summed E-state index contributed by atoms with van der Waals surface area (Å²) in [5, 5.41) is 5.85. The third-order valence-electron chi connectivity index (χ3n) is 4.06. The third-order valence-corrected chi connectivity index (χ3v) is 4.86. The molecule has 6 nitrogen and oxygen atoms in total. The molecule has 0 saturated heterocycles. The van der Waals surface area contributed by atoms with Gasteiger partial charge in [0, 0.05) is 28.8 Å². The minimum Gasteiger partial charge on any atom is -0.497 e. The van der Waals surface area contributed by atoms with Gasteiger partial charge >= 0.3 is 5.97 Å². The van der Waals surface area contributed by atoms with E-state index < -0.39 is 5.97 Å². The number of nitrogens with one attached hydrogen (secondary N) is 1. The average molecular weight is 410 g/mol. The number of carbonyl (C=O) groups excluding carboxylic acids is 1. The lowest BCUT2D eigenvalue weighted by atomic mass is 10.2. The van der Waals surface area contributed by atoms with Gasteiger partial charge < -0.3 is 19.5 Å². The fraction of sp³-hybridized carbons (Fsp3) is 0.182. The summed E-state index contributed by atoms with van der Waals surface area (Å²) in [4.78, 5) is 16.5. The van der Waals surface area contributed by atoms with E-state index in [2.05, 4.69) is 10.3 Å². The number of anilines is 2. The third kappa shape index (κ3) is 5.83. The highest BCUT2D eigenvalue weighted by molar-refractivity contribution is 7.13. The van der Waals surface area contributed by atoms with E-state index in [1.54, 1.807) is 32.4 Å². The Morgan fingerprint density at radius 3 is 2.66 bits per heavy atom. The number of ether oxygens (including phenoxy) is 3. The van der Waals surface area contributed by atoms with E-state index in [0.717, 1.165) is 16.4 Å². The van der Waals surface area contributed by atoms with Crippen LogP contribution < -0.4 is 14.8 Å². The molecular formula is C22H22N2O4S. The predicted octanol–water partition coefficient (Wildman–Crippen LogP) is 4.97. The van der Waals surface area contributed by atoms with Crippen molar-refractivity contribution in [3.05, 3.63) is 70.7 Å². The Balaban J connectivity index is 1.54. The van der Waals surface area contributed by atoms with Gasteiger partial charge in [-0.15, -0.1) is 11.3 Å². The van der Waals surface area contributed by atoms with Crippen LogP contribution in [0.5, 0.6) is 11.5 Å². The minimum absolute atomic E-state index is 0.106. The maximum Gasteiger partial charge on any atom is 0.331 e. The van der Waals surface area contributed by atoms with Gasteiger partial charge in [0.05, 0.1) is 19.9 Å². The zero-order chi connectivity index (χ0) is 20.6. The second-order valence-electron chi connectivity index (χ2n) is 6.18. The van der Waals surface area contributed by atoms with E-state index >= 15 is 0 Å². The van der Waals surface area contributed by atoms with Gasteiger partial charge in [0.2, 0.25) is 0 Å². The zero-order valence-corrected chi connectivity index (χ0v) is 17.3. The van der Waals surface area contributed by atoms with Gasteiger partial charge in [-0.3, -0.25) is 0 Å². The summed E-state index contributed by atoms with van der Waals surface area (Å²) in [6, 6.07) is 13.4. The number of benzene rings is 2. The van der Waals surface area contributed by atoms with Gasteiger partial charge in [-0.2, -0.15) is 0 Å². The van der Waals surface area contributed by atoms with Crippen molar-refractivity contribution in [2.45, 2.75) is 13.5 Å². The van der Waals surface area contributed by atoms with Crippen molar-refractivity contribution in [2.24, 2.45) is 0 Å². The number of hydrogen-bond donors (Lipinski definition) is 1. The van der Waals surface area contributed by atoms with Crippen molar-refractivity contribution in [2.75, 3.05) is 19.5 Å². The van der Waals surface area contributed by atoms with Gasteiger partial charge in [0.15, 0.2) is 5.13 Å². The first-order chi connectivity index (χ1) is 14.1. The average Bonchev–Trinajstić information content (AvgIpc) is 3.19. The first-order valence-electron chi connectivity index (χ1n) is 8.92. The molecule has 3 rings (SSSR count). The van der Waals surface area contributed by atoms with Crippen molar-refractivity contribution < 1.29 is 19.0 Å². The fourth-order valence-electron chi connectivity index (χ4n) is 2.50. The van der Waals surface area contributed by atoms with Gasteiger partial charge in [-0.05, 0) is 37.3 Å². The van der Waals surface area contributed by atoms with E-state index in [1.165, 1.54) is 23.0 Å². The second kappa shape index (κ2) is 9.75. The Labute approximate surface area is 173 Å². The van der Waals surface area contributed by atoms with Crippen LogP contribution in [-0.4, -0.2) is 25.2 Å². The number of aromatic nitrogens is 1. The van der Waals surface area contributed by atoms with Crippen LogP contribution in [0.15, 0.2) is 53.9 Å². The summed E-state index contributed by atoms with van der Waals surface area (Å²) in [7, 11) is 3.15. The molecule has 1 N–H and O–H groups in total. The maximum atomic E-state index is 12.0. The molecule has 29 heavy (non-hydrogen) atoms. The van der Waals surface area contributed by atoms with Gasteiger partial charge in [-0.1, -0.05) is 17.7 Å². The minimum atomic E-state index is -0.455. The number of esters is 1. The molecule has 0 amide bonds. The number of nitrogens with zero attached hydrogens (tertiary/aromatic N) is 1. The molecule has 0 atom stereocenters. The van der Waals surface area contributed by atoms with Crippen molar-refractivity contribution in [1.82, 2.24) is 4.98 Å². The number of thiazole rings is 1. The van der Waals surface area contributed by atoms with Crippen molar-refractivity contribution in [3.63, 3.8) is 0 Å². The van der Waals surface area contributed by atoms with Crippen LogP contribution in [0.3, 0.4) is 0 Å². The quantitative estimate of drug-likeness (QED) is 0.418. The summed E-state index contributed by atoms with van der Waals surface area (Å²) in [6.07, 6.45) is 3.01. The summed E-state index contributed by atoms with van der Waals surface area (Å²) < 4.78 is 15.7. The molecule has 1 heterocycles. The Morgan fingerprint density at radius 2 is 1.93 bits per heavy atom. The molecule has 0 spiro atoms. The largest absolute Gasteiger partial charge is 0.497 e. The molecule has 0 saturated carbocycles. The molecule has 0 aliphatic rings.